The summed E-state index contributed by atoms with van der Waals surface area (Å²) in [5, 5.41) is 9.72. The summed E-state index contributed by atoms with van der Waals surface area (Å²) in [7, 11) is 0. The first-order valence-electron chi connectivity index (χ1n) is 7.84. The molecule has 0 spiro atoms. The van der Waals surface area contributed by atoms with E-state index < -0.39 is 11.7 Å². The van der Waals surface area contributed by atoms with Crippen LogP contribution >= 0.6 is 11.3 Å². The average molecular weight is 384 g/mol. The minimum atomic E-state index is -0.747. The Morgan fingerprint density at radius 3 is 2.81 bits per heavy atom. The van der Waals surface area contributed by atoms with E-state index in [1.807, 2.05) is 23.6 Å². The third-order valence-electron chi connectivity index (χ3n) is 3.47. The van der Waals surface area contributed by atoms with Crippen LogP contribution in [-0.4, -0.2) is 25.9 Å². The maximum absolute atomic E-state index is 12.0. The number of thiophene rings is 1. The largest absolute Gasteiger partial charge is 0.454 e. The quantitative estimate of drug-likeness (QED) is 0.466. The zero-order valence-electron chi connectivity index (χ0n) is 13.8. The molecular weight excluding hydrogens is 372 g/mol. The van der Waals surface area contributed by atoms with Gasteiger partial charge in [-0.1, -0.05) is 29.4 Å². The molecule has 1 aromatic carbocycles. The average Bonchev–Trinajstić information content (AvgIpc) is 3.42. The second-order valence-corrected chi connectivity index (χ2v) is 6.29. The summed E-state index contributed by atoms with van der Waals surface area (Å²) in [6.07, 6.45) is 0. The van der Waals surface area contributed by atoms with E-state index in [1.54, 1.807) is 24.3 Å². The first kappa shape index (κ1) is 16.9. The van der Waals surface area contributed by atoms with E-state index in [4.69, 9.17) is 13.7 Å². The number of hydrogen-bond acceptors (Lipinski definition) is 9. The molecule has 4 rings (SSSR count). The Kier molecular flexibility index (Phi) is 4.62. The molecule has 0 unspecified atom stereocenters. The van der Waals surface area contributed by atoms with Crippen LogP contribution in [0.4, 0.5) is 0 Å². The van der Waals surface area contributed by atoms with Crippen molar-refractivity contribution in [2.45, 2.75) is 13.2 Å². The summed E-state index contributed by atoms with van der Waals surface area (Å²) in [6, 6.07) is 12.6. The van der Waals surface area contributed by atoms with Gasteiger partial charge in [0.1, 0.15) is 6.54 Å². The van der Waals surface area contributed by atoms with Crippen LogP contribution in [0.25, 0.3) is 22.2 Å². The van der Waals surface area contributed by atoms with E-state index in [9.17, 15) is 9.59 Å². The summed E-state index contributed by atoms with van der Waals surface area (Å²) >= 11 is 1.47. The lowest BCUT2D eigenvalue weighted by Crippen LogP contribution is -2.23. The molecule has 0 bridgehead atoms. The molecule has 0 aliphatic rings. The normalized spacial score (nSPS) is 10.8. The number of benzene rings is 1. The standard InChI is InChI=1S/C17H12N4O5S/c22-14(24-10-13-18-15(20-26-13)12-7-4-8-27-12)9-21-17(23)25-16(19-21)11-5-2-1-3-6-11/h1-8H,9-10H2. The highest BCUT2D eigenvalue weighted by Crippen LogP contribution is 2.21. The predicted molar refractivity (Wildman–Crippen MR) is 93.6 cm³/mol. The fourth-order valence-corrected chi connectivity index (χ4v) is 2.88. The van der Waals surface area contributed by atoms with Crippen molar-refractivity contribution in [1.29, 1.82) is 0 Å². The van der Waals surface area contributed by atoms with Gasteiger partial charge in [-0.05, 0) is 23.6 Å². The van der Waals surface area contributed by atoms with Gasteiger partial charge in [-0.25, -0.2) is 4.79 Å². The highest BCUT2D eigenvalue weighted by Gasteiger charge is 2.16. The molecule has 4 aromatic rings. The van der Waals surface area contributed by atoms with Crippen molar-refractivity contribution >= 4 is 17.3 Å². The van der Waals surface area contributed by atoms with Gasteiger partial charge in [0, 0.05) is 5.56 Å². The van der Waals surface area contributed by atoms with Gasteiger partial charge in [-0.3, -0.25) is 4.79 Å². The van der Waals surface area contributed by atoms with E-state index in [-0.39, 0.29) is 24.9 Å². The summed E-state index contributed by atoms with van der Waals surface area (Å²) in [5.74, 6) is -0.712. The summed E-state index contributed by atoms with van der Waals surface area (Å²) in [4.78, 5) is 28.8. The maximum Gasteiger partial charge on any atom is 0.437 e. The minimum absolute atomic E-state index is 0.130. The molecule has 0 amide bonds. The van der Waals surface area contributed by atoms with E-state index in [2.05, 4.69) is 15.2 Å². The van der Waals surface area contributed by atoms with Crippen molar-refractivity contribution in [3.63, 3.8) is 0 Å². The Morgan fingerprint density at radius 2 is 2.04 bits per heavy atom. The van der Waals surface area contributed by atoms with Crippen LogP contribution in [0, 0.1) is 0 Å². The van der Waals surface area contributed by atoms with Crippen molar-refractivity contribution in [3.8, 4) is 22.2 Å². The second-order valence-electron chi connectivity index (χ2n) is 5.35. The van der Waals surface area contributed by atoms with E-state index in [0.29, 0.717) is 11.4 Å². The Hall–Kier alpha value is -3.53. The van der Waals surface area contributed by atoms with E-state index >= 15 is 0 Å². The van der Waals surface area contributed by atoms with Crippen molar-refractivity contribution in [3.05, 3.63) is 64.3 Å². The van der Waals surface area contributed by atoms with Crippen LogP contribution in [0.3, 0.4) is 0 Å². The lowest BCUT2D eigenvalue weighted by atomic mass is 10.2. The molecule has 0 saturated heterocycles. The van der Waals surface area contributed by atoms with E-state index in [0.717, 1.165) is 9.56 Å². The number of esters is 1. The smallest absolute Gasteiger partial charge is 0.437 e. The number of hydrogen-bond donors (Lipinski definition) is 0. The minimum Gasteiger partial charge on any atom is -0.454 e. The topological polar surface area (TPSA) is 113 Å². The first-order valence-corrected chi connectivity index (χ1v) is 8.72. The molecule has 0 saturated carbocycles. The third kappa shape index (κ3) is 3.85. The highest BCUT2D eigenvalue weighted by molar-refractivity contribution is 7.13. The lowest BCUT2D eigenvalue weighted by Gasteiger charge is -2.00. The molecule has 0 fully saturated rings. The Labute approximate surface area is 155 Å². The van der Waals surface area contributed by atoms with E-state index in [1.165, 1.54) is 11.3 Å². The monoisotopic (exact) mass is 384 g/mol. The van der Waals surface area contributed by atoms with Crippen molar-refractivity contribution in [2.75, 3.05) is 0 Å². The molecule has 27 heavy (non-hydrogen) atoms. The highest BCUT2D eigenvalue weighted by atomic mass is 32.1. The molecule has 10 heteroatoms. The van der Waals surface area contributed by atoms with Crippen LogP contribution in [0.2, 0.25) is 0 Å². The number of nitrogens with zero attached hydrogens (tertiary/aromatic N) is 4. The zero-order chi connectivity index (χ0) is 18.6. The van der Waals surface area contributed by atoms with Crippen LogP contribution in [0.1, 0.15) is 5.89 Å². The van der Waals surface area contributed by atoms with Gasteiger partial charge in [-0.2, -0.15) is 9.67 Å². The van der Waals surface area contributed by atoms with Crippen molar-refractivity contribution in [1.82, 2.24) is 19.9 Å². The van der Waals surface area contributed by atoms with Gasteiger partial charge in [-0.15, -0.1) is 16.4 Å². The first-order chi connectivity index (χ1) is 13.2. The summed E-state index contributed by atoms with van der Waals surface area (Å²) in [5.41, 5.74) is 0.633. The zero-order valence-corrected chi connectivity index (χ0v) is 14.6. The van der Waals surface area contributed by atoms with Crippen LogP contribution < -0.4 is 5.76 Å². The van der Waals surface area contributed by atoms with Crippen LogP contribution in [-0.2, 0) is 22.7 Å². The van der Waals surface area contributed by atoms with Gasteiger partial charge in [0.2, 0.25) is 11.7 Å². The Balaban J connectivity index is 1.37. The molecule has 3 aromatic heterocycles. The van der Waals surface area contributed by atoms with Crippen LogP contribution in [0.15, 0.2) is 61.6 Å². The lowest BCUT2D eigenvalue weighted by molar-refractivity contribution is -0.146. The third-order valence-corrected chi connectivity index (χ3v) is 4.34. The molecule has 3 heterocycles. The molecule has 0 aliphatic carbocycles. The van der Waals surface area contributed by atoms with Crippen molar-refractivity contribution in [2.24, 2.45) is 0 Å². The number of aromatic nitrogens is 4. The van der Waals surface area contributed by atoms with Gasteiger partial charge >= 0.3 is 11.7 Å². The number of ether oxygens (including phenoxy) is 1. The summed E-state index contributed by atoms with van der Waals surface area (Å²) in [6.45, 7) is -0.587. The second kappa shape index (κ2) is 7.38. The van der Waals surface area contributed by atoms with Gasteiger partial charge in [0.25, 0.3) is 5.89 Å². The fraction of sp³-hybridized carbons (Fsp3) is 0.118. The molecule has 0 atom stereocenters. The molecule has 9 nitrogen and oxygen atoms in total. The SMILES string of the molecule is O=C(Cn1nc(-c2ccccc2)oc1=O)OCc1nc(-c2cccs2)no1. The van der Waals surface area contributed by atoms with Gasteiger partial charge < -0.3 is 13.7 Å². The van der Waals surface area contributed by atoms with Crippen molar-refractivity contribution < 1.29 is 18.5 Å². The molecule has 0 aliphatic heterocycles. The predicted octanol–water partition coefficient (Wildman–Crippen LogP) is 2.36. The number of carbonyl (C=O) groups is 1. The maximum atomic E-state index is 12.0. The Morgan fingerprint density at radius 1 is 1.19 bits per heavy atom. The Bertz CT molecular complexity index is 1100. The number of rotatable bonds is 6. The molecule has 0 N–H and O–H groups in total. The fourth-order valence-electron chi connectivity index (χ4n) is 2.23. The molecular formula is C17H12N4O5S. The van der Waals surface area contributed by atoms with Gasteiger partial charge in [0.05, 0.1) is 4.88 Å². The summed E-state index contributed by atoms with van der Waals surface area (Å²) < 4.78 is 16.1. The van der Waals surface area contributed by atoms with Gasteiger partial charge in [0.15, 0.2) is 6.61 Å². The molecule has 0 radical (unpaired) electrons. The van der Waals surface area contributed by atoms with Crippen LogP contribution in [0.5, 0.6) is 0 Å². The molecule has 136 valence electrons. The number of carbonyl (C=O) groups excluding carboxylic acids is 1.